The minimum atomic E-state index is -0.0579. The number of benzene rings is 2. The summed E-state index contributed by atoms with van der Waals surface area (Å²) < 4.78 is 1.57. The van der Waals surface area contributed by atoms with Gasteiger partial charge in [0.15, 0.2) is 0 Å². The second-order valence-corrected chi connectivity index (χ2v) is 10.7. The van der Waals surface area contributed by atoms with E-state index in [9.17, 15) is 9.59 Å². The molecule has 7 rings (SSSR count). The topological polar surface area (TPSA) is 64.0 Å². The van der Waals surface area contributed by atoms with Gasteiger partial charge in [-0.2, -0.15) is 0 Å². The van der Waals surface area contributed by atoms with Crippen molar-refractivity contribution in [3.8, 4) is 0 Å². The van der Waals surface area contributed by atoms with Gasteiger partial charge in [-0.1, -0.05) is 48.5 Å². The quantitative estimate of drug-likeness (QED) is 0.453. The van der Waals surface area contributed by atoms with E-state index in [0.29, 0.717) is 36.2 Å². The van der Waals surface area contributed by atoms with Gasteiger partial charge < -0.3 is 5.32 Å². The Bertz CT molecular complexity index is 1440. The maximum atomic E-state index is 12.9. The monoisotopic (exact) mass is 469 g/mol. The molecule has 1 amide bonds. The average molecular weight is 470 g/mol. The van der Waals surface area contributed by atoms with Gasteiger partial charge in [-0.15, -0.1) is 11.3 Å². The molecular weight excluding hydrogens is 442 g/mol. The van der Waals surface area contributed by atoms with E-state index in [2.05, 4.69) is 58.8 Å². The summed E-state index contributed by atoms with van der Waals surface area (Å²) in [6.07, 6.45) is 2.89. The number of hydrogen-bond donors (Lipinski definition) is 1. The molecule has 2 aromatic heterocycles. The van der Waals surface area contributed by atoms with Crippen LogP contribution in [0.1, 0.15) is 57.4 Å². The van der Waals surface area contributed by atoms with Crippen molar-refractivity contribution in [3.05, 3.63) is 97.9 Å². The summed E-state index contributed by atoms with van der Waals surface area (Å²) in [6, 6.07) is 17.5. The van der Waals surface area contributed by atoms with E-state index in [1.54, 1.807) is 22.2 Å². The fourth-order valence-corrected chi connectivity index (χ4v) is 6.93. The van der Waals surface area contributed by atoms with Gasteiger partial charge in [-0.3, -0.25) is 14.2 Å². The molecule has 2 aromatic carbocycles. The van der Waals surface area contributed by atoms with E-state index < -0.39 is 0 Å². The summed E-state index contributed by atoms with van der Waals surface area (Å²) in [5.41, 5.74) is 6.62. The Hall–Kier alpha value is -3.25. The normalized spacial score (nSPS) is 20.2. The van der Waals surface area contributed by atoms with Crippen LogP contribution in [0.15, 0.2) is 59.7 Å². The molecule has 34 heavy (non-hydrogen) atoms. The first kappa shape index (κ1) is 21.3. The summed E-state index contributed by atoms with van der Waals surface area (Å²) in [5, 5.41) is 3.85. The molecule has 0 radical (unpaired) electrons. The molecule has 4 aromatic rings. The van der Waals surface area contributed by atoms with Gasteiger partial charge in [0, 0.05) is 36.2 Å². The molecule has 0 aliphatic heterocycles. The van der Waals surface area contributed by atoms with E-state index in [0.717, 1.165) is 21.7 Å². The molecule has 0 fully saturated rings. The molecule has 1 N–H and O–H groups in total. The van der Waals surface area contributed by atoms with Gasteiger partial charge in [-0.25, -0.2) is 4.98 Å². The fraction of sp³-hybridized carbons (Fsp3) is 0.321. The highest BCUT2D eigenvalue weighted by atomic mass is 32.1. The number of aromatic nitrogens is 2. The minimum absolute atomic E-state index is 0.0202. The second-order valence-electron chi connectivity index (χ2n) is 9.54. The Morgan fingerprint density at radius 2 is 1.71 bits per heavy atom. The van der Waals surface area contributed by atoms with E-state index >= 15 is 0 Å². The fourth-order valence-electron chi connectivity index (χ4n) is 5.94. The first-order chi connectivity index (χ1) is 16.5. The largest absolute Gasteiger partial charge is 0.356 e. The Labute approximate surface area is 202 Å². The van der Waals surface area contributed by atoms with Crippen molar-refractivity contribution in [2.24, 2.45) is 5.92 Å². The molecule has 172 valence electrons. The Balaban J connectivity index is 1.16. The van der Waals surface area contributed by atoms with Crippen LogP contribution >= 0.6 is 11.3 Å². The van der Waals surface area contributed by atoms with Crippen LogP contribution in [0, 0.1) is 19.8 Å². The van der Waals surface area contributed by atoms with Crippen molar-refractivity contribution in [2.75, 3.05) is 6.54 Å². The summed E-state index contributed by atoms with van der Waals surface area (Å²) in [7, 11) is 0. The number of nitrogens with zero attached hydrogens (tertiary/aromatic N) is 2. The van der Waals surface area contributed by atoms with E-state index in [1.807, 2.05) is 13.8 Å². The molecule has 6 heteroatoms. The number of thiophene rings is 1. The number of carbonyl (C=O) groups is 1. The molecule has 1 atom stereocenters. The van der Waals surface area contributed by atoms with Crippen molar-refractivity contribution < 1.29 is 4.79 Å². The van der Waals surface area contributed by atoms with E-state index in [4.69, 9.17) is 0 Å². The maximum Gasteiger partial charge on any atom is 0.262 e. The number of nitrogens with one attached hydrogen (secondary N) is 1. The van der Waals surface area contributed by atoms with Crippen LogP contribution in [-0.2, 0) is 11.3 Å². The number of fused-ring (bicyclic) bond motifs is 2. The van der Waals surface area contributed by atoms with Crippen molar-refractivity contribution in [1.82, 2.24) is 14.9 Å². The molecule has 2 bridgehead atoms. The minimum Gasteiger partial charge on any atom is -0.356 e. The number of amides is 1. The maximum absolute atomic E-state index is 12.9. The number of rotatable bonds is 5. The van der Waals surface area contributed by atoms with Crippen LogP contribution in [0.5, 0.6) is 0 Å². The van der Waals surface area contributed by atoms with Crippen molar-refractivity contribution >= 4 is 27.5 Å². The molecule has 0 saturated carbocycles. The highest BCUT2D eigenvalue weighted by Crippen LogP contribution is 2.55. The van der Waals surface area contributed by atoms with Gasteiger partial charge in [0.1, 0.15) is 4.83 Å². The smallest absolute Gasteiger partial charge is 0.262 e. The number of aryl methyl sites for hydroxylation is 3. The van der Waals surface area contributed by atoms with Crippen LogP contribution in [0.3, 0.4) is 0 Å². The highest BCUT2D eigenvalue weighted by molar-refractivity contribution is 7.18. The lowest BCUT2D eigenvalue weighted by molar-refractivity contribution is -0.121. The van der Waals surface area contributed by atoms with Crippen molar-refractivity contribution in [1.29, 1.82) is 0 Å². The second kappa shape index (κ2) is 8.20. The van der Waals surface area contributed by atoms with Gasteiger partial charge >= 0.3 is 0 Å². The molecule has 2 heterocycles. The molecule has 0 saturated heterocycles. The average Bonchev–Trinajstić information content (AvgIpc) is 3.16. The lowest BCUT2D eigenvalue weighted by Gasteiger charge is -2.45. The zero-order valence-corrected chi connectivity index (χ0v) is 20.2. The predicted molar refractivity (Wildman–Crippen MR) is 136 cm³/mol. The molecular formula is C28H27N3O2S. The zero-order valence-electron chi connectivity index (χ0n) is 19.4. The summed E-state index contributed by atoms with van der Waals surface area (Å²) in [5.74, 6) is 1.06. The Morgan fingerprint density at radius 3 is 2.38 bits per heavy atom. The molecule has 3 aliphatic rings. The highest BCUT2D eigenvalue weighted by Gasteiger charge is 2.42. The van der Waals surface area contributed by atoms with Gasteiger partial charge in [0.05, 0.1) is 11.7 Å². The molecule has 1 unspecified atom stereocenters. The third-order valence-corrected chi connectivity index (χ3v) is 8.84. The summed E-state index contributed by atoms with van der Waals surface area (Å²) in [4.78, 5) is 32.0. The third kappa shape index (κ3) is 3.31. The van der Waals surface area contributed by atoms with Crippen molar-refractivity contribution in [3.63, 3.8) is 0 Å². The van der Waals surface area contributed by atoms with Crippen LogP contribution in [-0.4, -0.2) is 22.0 Å². The summed E-state index contributed by atoms with van der Waals surface area (Å²) >= 11 is 1.54. The summed E-state index contributed by atoms with van der Waals surface area (Å²) in [6.45, 7) is 4.96. The van der Waals surface area contributed by atoms with Crippen LogP contribution in [0.2, 0.25) is 0 Å². The standard InChI is InChI=1S/C28H27N3O2S/c1-16-17(2)34-27-25(16)28(33)31(15-30-27)12-11-24(32)29-14-18-13-23-19-7-3-5-9-21(19)26(18)22-10-6-4-8-20(22)23/h3-10,15,18,23,26H,11-14H2,1-2H3,(H,29,32). The van der Waals surface area contributed by atoms with Gasteiger partial charge in [-0.05, 0) is 54.0 Å². The van der Waals surface area contributed by atoms with Gasteiger partial charge in [0.2, 0.25) is 5.91 Å². The number of hydrogen-bond acceptors (Lipinski definition) is 4. The molecule has 5 nitrogen and oxygen atoms in total. The van der Waals surface area contributed by atoms with Crippen LogP contribution < -0.4 is 10.9 Å². The SMILES string of the molecule is Cc1sc2ncn(CCC(=O)NCC3CC4c5ccccc5C3c3ccccc34)c(=O)c2c1C. The first-order valence-corrected chi connectivity index (χ1v) is 12.7. The first-order valence-electron chi connectivity index (χ1n) is 11.9. The Kier molecular flexibility index (Phi) is 5.14. The number of carbonyl (C=O) groups excluding carboxylic acids is 1. The molecule has 3 aliphatic carbocycles. The van der Waals surface area contributed by atoms with Crippen molar-refractivity contribution in [2.45, 2.75) is 45.1 Å². The van der Waals surface area contributed by atoms with E-state index in [-0.39, 0.29) is 17.9 Å². The lowest BCUT2D eigenvalue weighted by atomic mass is 9.59. The Morgan fingerprint density at radius 1 is 1.06 bits per heavy atom. The zero-order chi connectivity index (χ0) is 23.4. The van der Waals surface area contributed by atoms with E-state index in [1.165, 1.54) is 22.3 Å². The van der Waals surface area contributed by atoms with Crippen LogP contribution in [0.4, 0.5) is 0 Å². The molecule has 0 spiro atoms. The van der Waals surface area contributed by atoms with Crippen LogP contribution in [0.25, 0.3) is 10.2 Å². The van der Waals surface area contributed by atoms with Gasteiger partial charge in [0.25, 0.3) is 5.56 Å². The third-order valence-electron chi connectivity index (χ3n) is 7.72. The predicted octanol–water partition coefficient (Wildman–Crippen LogP) is 4.88. The lowest BCUT2D eigenvalue weighted by Crippen LogP contribution is -2.39.